The number of amides is 1. The average molecular weight is 313 g/mol. The van der Waals surface area contributed by atoms with Gasteiger partial charge in [0.25, 0.3) is 0 Å². The third-order valence-corrected chi connectivity index (χ3v) is 3.86. The fourth-order valence-electron chi connectivity index (χ4n) is 2.72. The SMILES string of the molecule is CCCCOC(=O)C1CCCCC1CNC(=O)OC(C)(C)C. The van der Waals surface area contributed by atoms with E-state index in [1.54, 1.807) is 0 Å². The van der Waals surface area contributed by atoms with Crippen molar-refractivity contribution in [2.75, 3.05) is 13.2 Å². The summed E-state index contributed by atoms with van der Waals surface area (Å²) < 4.78 is 10.6. The molecule has 1 rings (SSSR count). The van der Waals surface area contributed by atoms with Gasteiger partial charge in [0.15, 0.2) is 0 Å². The number of carbonyl (C=O) groups excluding carboxylic acids is 2. The Morgan fingerprint density at radius 3 is 2.50 bits per heavy atom. The zero-order valence-corrected chi connectivity index (χ0v) is 14.4. The zero-order valence-electron chi connectivity index (χ0n) is 14.4. The maximum absolute atomic E-state index is 12.2. The Kier molecular flexibility index (Phi) is 7.69. The van der Waals surface area contributed by atoms with E-state index in [0.29, 0.717) is 13.2 Å². The Hall–Kier alpha value is -1.26. The van der Waals surface area contributed by atoms with Crippen LogP contribution in [-0.2, 0) is 14.3 Å². The van der Waals surface area contributed by atoms with Gasteiger partial charge in [-0.05, 0) is 46.0 Å². The van der Waals surface area contributed by atoms with Gasteiger partial charge in [0.1, 0.15) is 5.60 Å². The minimum absolute atomic E-state index is 0.0967. The maximum atomic E-state index is 12.2. The summed E-state index contributed by atoms with van der Waals surface area (Å²) in [5.74, 6) is -0.0555. The Labute approximate surface area is 134 Å². The Balaban J connectivity index is 2.44. The quantitative estimate of drug-likeness (QED) is 0.600. The van der Waals surface area contributed by atoms with Gasteiger partial charge >= 0.3 is 12.1 Å². The topological polar surface area (TPSA) is 64.6 Å². The molecule has 1 amide bonds. The summed E-state index contributed by atoms with van der Waals surface area (Å²) in [5.41, 5.74) is -0.505. The van der Waals surface area contributed by atoms with Gasteiger partial charge < -0.3 is 14.8 Å². The number of ether oxygens (including phenoxy) is 2. The van der Waals surface area contributed by atoms with E-state index >= 15 is 0 Å². The maximum Gasteiger partial charge on any atom is 0.407 e. The van der Waals surface area contributed by atoms with E-state index in [1.807, 2.05) is 20.8 Å². The van der Waals surface area contributed by atoms with Crippen molar-refractivity contribution in [3.63, 3.8) is 0 Å². The molecule has 2 unspecified atom stereocenters. The Bertz CT molecular complexity index is 362. The standard InChI is InChI=1S/C17H31NO4/c1-5-6-11-21-15(19)14-10-8-7-9-13(14)12-18-16(20)22-17(2,3)4/h13-14H,5-12H2,1-4H3,(H,18,20). The fourth-order valence-corrected chi connectivity index (χ4v) is 2.72. The van der Waals surface area contributed by atoms with Crippen LogP contribution in [0.4, 0.5) is 4.79 Å². The number of hydrogen-bond acceptors (Lipinski definition) is 4. The summed E-state index contributed by atoms with van der Waals surface area (Å²) in [6.07, 6.45) is 5.45. The van der Waals surface area contributed by atoms with Crippen molar-refractivity contribution in [3.8, 4) is 0 Å². The van der Waals surface area contributed by atoms with E-state index in [-0.39, 0.29) is 17.8 Å². The summed E-state index contributed by atoms with van der Waals surface area (Å²) in [5, 5.41) is 2.79. The molecule has 0 saturated heterocycles. The highest BCUT2D eigenvalue weighted by atomic mass is 16.6. The number of alkyl carbamates (subject to hydrolysis) is 1. The number of nitrogens with one attached hydrogen (secondary N) is 1. The van der Waals surface area contributed by atoms with Gasteiger partial charge in [-0.2, -0.15) is 0 Å². The lowest BCUT2D eigenvalue weighted by Crippen LogP contribution is -2.40. The van der Waals surface area contributed by atoms with Gasteiger partial charge in [-0.1, -0.05) is 26.2 Å². The molecule has 0 bridgehead atoms. The van der Waals surface area contributed by atoms with Crippen molar-refractivity contribution in [2.24, 2.45) is 11.8 Å². The normalized spacial score (nSPS) is 22.0. The molecule has 1 aliphatic carbocycles. The fraction of sp³-hybridized carbons (Fsp3) is 0.882. The van der Waals surface area contributed by atoms with E-state index in [2.05, 4.69) is 12.2 Å². The third-order valence-electron chi connectivity index (χ3n) is 3.86. The first kappa shape index (κ1) is 18.8. The molecule has 0 heterocycles. The minimum atomic E-state index is -0.505. The van der Waals surface area contributed by atoms with Gasteiger partial charge in [0, 0.05) is 6.54 Å². The summed E-state index contributed by atoms with van der Waals surface area (Å²) in [4.78, 5) is 23.9. The van der Waals surface area contributed by atoms with Gasteiger partial charge in [-0.15, -0.1) is 0 Å². The van der Waals surface area contributed by atoms with Gasteiger partial charge in [0.2, 0.25) is 0 Å². The lowest BCUT2D eigenvalue weighted by molar-refractivity contribution is -0.151. The van der Waals surface area contributed by atoms with E-state index in [1.165, 1.54) is 0 Å². The van der Waals surface area contributed by atoms with E-state index in [4.69, 9.17) is 9.47 Å². The molecule has 5 nitrogen and oxygen atoms in total. The first-order chi connectivity index (χ1) is 10.3. The molecule has 1 fully saturated rings. The number of carbonyl (C=O) groups is 2. The van der Waals surface area contributed by atoms with Crippen molar-refractivity contribution in [3.05, 3.63) is 0 Å². The second-order valence-electron chi connectivity index (χ2n) is 7.05. The number of unbranched alkanes of at least 4 members (excludes halogenated alkanes) is 1. The van der Waals surface area contributed by atoms with Crippen LogP contribution in [0.2, 0.25) is 0 Å². The molecule has 22 heavy (non-hydrogen) atoms. The van der Waals surface area contributed by atoms with Crippen molar-refractivity contribution in [1.82, 2.24) is 5.32 Å². The largest absolute Gasteiger partial charge is 0.465 e. The van der Waals surface area contributed by atoms with E-state index in [0.717, 1.165) is 38.5 Å². The molecule has 0 aromatic heterocycles. The van der Waals surface area contributed by atoms with E-state index in [9.17, 15) is 9.59 Å². The number of hydrogen-bond donors (Lipinski definition) is 1. The molecular weight excluding hydrogens is 282 g/mol. The molecule has 0 aromatic carbocycles. The second kappa shape index (κ2) is 9.01. The molecule has 0 spiro atoms. The molecule has 0 aliphatic heterocycles. The highest BCUT2D eigenvalue weighted by molar-refractivity contribution is 5.73. The van der Waals surface area contributed by atoms with Crippen molar-refractivity contribution < 1.29 is 19.1 Å². The molecular formula is C17H31NO4. The molecule has 5 heteroatoms. The van der Waals surface area contributed by atoms with Crippen LogP contribution >= 0.6 is 0 Å². The van der Waals surface area contributed by atoms with Crippen LogP contribution in [0.25, 0.3) is 0 Å². The van der Waals surface area contributed by atoms with Crippen molar-refractivity contribution in [2.45, 2.75) is 71.8 Å². The van der Waals surface area contributed by atoms with Gasteiger partial charge in [-0.25, -0.2) is 4.79 Å². The van der Waals surface area contributed by atoms with Crippen LogP contribution in [0.5, 0.6) is 0 Å². The highest BCUT2D eigenvalue weighted by Gasteiger charge is 2.32. The second-order valence-corrected chi connectivity index (χ2v) is 7.05. The first-order valence-electron chi connectivity index (χ1n) is 8.47. The van der Waals surface area contributed by atoms with Gasteiger partial charge in [-0.3, -0.25) is 4.79 Å². The molecule has 128 valence electrons. The number of rotatable bonds is 6. The summed E-state index contributed by atoms with van der Waals surface area (Å²) in [6.45, 7) is 8.55. The van der Waals surface area contributed by atoms with Crippen LogP contribution in [0.15, 0.2) is 0 Å². The summed E-state index contributed by atoms with van der Waals surface area (Å²) in [7, 11) is 0. The van der Waals surface area contributed by atoms with Crippen LogP contribution in [0.3, 0.4) is 0 Å². The Morgan fingerprint density at radius 2 is 1.86 bits per heavy atom. The predicted octanol–water partition coefficient (Wildman–Crippen LogP) is 3.66. The molecule has 2 atom stereocenters. The predicted molar refractivity (Wildman–Crippen MR) is 85.6 cm³/mol. The van der Waals surface area contributed by atoms with Crippen LogP contribution in [0.1, 0.15) is 66.2 Å². The molecule has 1 aliphatic rings. The smallest absolute Gasteiger partial charge is 0.407 e. The van der Waals surface area contributed by atoms with E-state index < -0.39 is 11.7 Å². The van der Waals surface area contributed by atoms with Crippen molar-refractivity contribution >= 4 is 12.1 Å². The average Bonchev–Trinajstić information content (AvgIpc) is 2.44. The molecule has 1 saturated carbocycles. The lowest BCUT2D eigenvalue weighted by atomic mass is 9.79. The minimum Gasteiger partial charge on any atom is -0.465 e. The monoisotopic (exact) mass is 313 g/mol. The summed E-state index contributed by atoms with van der Waals surface area (Å²) in [6, 6.07) is 0. The van der Waals surface area contributed by atoms with Crippen molar-refractivity contribution in [1.29, 1.82) is 0 Å². The summed E-state index contributed by atoms with van der Waals surface area (Å²) >= 11 is 0. The van der Waals surface area contributed by atoms with Crippen LogP contribution in [0, 0.1) is 11.8 Å². The zero-order chi connectivity index (χ0) is 16.6. The third kappa shape index (κ3) is 7.14. The molecule has 0 aromatic rings. The lowest BCUT2D eigenvalue weighted by Gasteiger charge is -2.30. The Morgan fingerprint density at radius 1 is 1.18 bits per heavy atom. The van der Waals surface area contributed by atoms with Gasteiger partial charge in [0.05, 0.1) is 12.5 Å². The van der Waals surface area contributed by atoms with Crippen LogP contribution < -0.4 is 5.32 Å². The van der Waals surface area contributed by atoms with Crippen LogP contribution in [-0.4, -0.2) is 30.8 Å². The molecule has 0 radical (unpaired) electrons. The molecule has 1 N–H and O–H groups in total. The first-order valence-corrected chi connectivity index (χ1v) is 8.47. The number of esters is 1. The highest BCUT2D eigenvalue weighted by Crippen LogP contribution is 2.30.